The third-order valence-corrected chi connectivity index (χ3v) is 4.10. The fourth-order valence-corrected chi connectivity index (χ4v) is 2.51. The number of rotatable bonds is 7. The van der Waals surface area contributed by atoms with Crippen molar-refractivity contribution in [1.82, 2.24) is 4.31 Å². The van der Waals surface area contributed by atoms with Gasteiger partial charge in [-0.3, -0.25) is 4.79 Å². The lowest BCUT2D eigenvalue weighted by molar-refractivity contribution is -0.141. The van der Waals surface area contributed by atoms with E-state index in [0.29, 0.717) is 5.75 Å². The van der Waals surface area contributed by atoms with E-state index in [4.69, 9.17) is 9.84 Å². The summed E-state index contributed by atoms with van der Waals surface area (Å²) in [6.07, 6.45) is 1.07. The quantitative estimate of drug-likeness (QED) is 0.817. The predicted octanol–water partition coefficient (Wildman–Crippen LogP) is 1.18. The van der Waals surface area contributed by atoms with Crippen LogP contribution in [0.4, 0.5) is 0 Å². The molecule has 112 valence electrons. The third-order valence-electron chi connectivity index (χ3n) is 2.89. The molecule has 1 atom stereocenters. The third kappa shape index (κ3) is 4.82. The van der Waals surface area contributed by atoms with Crippen LogP contribution in [0.1, 0.15) is 12.5 Å². The molecule has 0 fully saturated rings. The van der Waals surface area contributed by atoms with E-state index < -0.39 is 21.9 Å². The number of nitrogens with zero attached hydrogens (tertiary/aromatic N) is 1. The number of ether oxygens (including phenoxy) is 1. The van der Waals surface area contributed by atoms with E-state index in [0.717, 1.165) is 16.1 Å². The number of carboxylic acids is 1. The van der Waals surface area contributed by atoms with Gasteiger partial charge in [-0.25, -0.2) is 8.42 Å². The number of sulfonamides is 1. The molecule has 1 aromatic carbocycles. The maximum atomic E-state index is 11.7. The molecule has 1 rings (SSSR count). The highest BCUT2D eigenvalue weighted by molar-refractivity contribution is 7.88. The summed E-state index contributed by atoms with van der Waals surface area (Å²) in [5.41, 5.74) is 0.772. The Morgan fingerprint density at radius 1 is 1.35 bits per heavy atom. The largest absolute Gasteiger partial charge is 0.497 e. The zero-order chi connectivity index (χ0) is 15.3. The molecule has 0 saturated carbocycles. The van der Waals surface area contributed by atoms with Crippen LogP contribution in [-0.4, -0.2) is 43.7 Å². The van der Waals surface area contributed by atoms with Crippen molar-refractivity contribution >= 4 is 16.0 Å². The van der Waals surface area contributed by atoms with Crippen molar-refractivity contribution in [2.75, 3.05) is 19.9 Å². The number of hydrogen-bond donors (Lipinski definition) is 1. The molecule has 0 saturated heterocycles. The molecular weight excluding hydrogens is 282 g/mol. The Balaban J connectivity index is 2.87. The molecule has 0 aromatic heterocycles. The SMILES string of the molecule is COc1ccc(CN(CC(C)C(=O)O)S(C)(=O)=O)cc1. The first-order chi connectivity index (χ1) is 9.24. The number of benzene rings is 1. The van der Waals surface area contributed by atoms with Crippen LogP contribution in [0.2, 0.25) is 0 Å². The monoisotopic (exact) mass is 301 g/mol. The van der Waals surface area contributed by atoms with Crippen LogP contribution in [0.15, 0.2) is 24.3 Å². The van der Waals surface area contributed by atoms with Gasteiger partial charge in [0, 0.05) is 13.1 Å². The second kappa shape index (κ2) is 6.71. The normalized spacial score (nSPS) is 13.2. The number of hydrogen-bond acceptors (Lipinski definition) is 4. The van der Waals surface area contributed by atoms with Crippen LogP contribution in [0.3, 0.4) is 0 Å². The Morgan fingerprint density at radius 2 is 1.90 bits per heavy atom. The lowest BCUT2D eigenvalue weighted by Gasteiger charge is -2.22. The predicted molar refractivity (Wildman–Crippen MR) is 75.0 cm³/mol. The molecule has 0 aliphatic carbocycles. The van der Waals surface area contributed by atoms with E-state index in [2.05, 4.69) is 0 Å². The minimum atomic E-state index is -3.47. The Morgan fingerprint density at radius 3 is 2.30 bits per heavy atom. The molecule has 0 heterocycles. The van der Waals surface area contributed by atoms with Crippen molar-refractivity contribution in [2.45, 2.75) is 13.5 Å². The van der Waals surface area contributed by atoms with E-state index in [9.17, 15) is 13.2 Å². The number of methoxy groups -OCH3 is 1. The second-order valence-electron chi connectivity index (χ2n) is 4.64. The standard InChI is InChI=1S/C13H19NO5S/c1-10(13(15)16)8-14(20(3,17)18)9-11-4-6-12(19-2)7-5-11/h4-7,10H,8-9H2,1-3H3,(H,15,16). The summed E-state index contributed by atoms with van der Waals surface area (Å²) in [4.78, 5) is 10.9. The molecule has 1 aromatic rings. The average molecular weight is 301 g/mol. The smallest absolute Gasteiger partial charge is 0.307 e. The molecule has 1 N–H and O–H groups in total. The Hall–Kier alpha value is -1.60. The molecule has 0 aliphatic rings. The van der Waals surface area contributed by atoms with Crippen LogP contribution >= 0.6 is 0 Å². The first-order valence-corrected chi connectivity index (χ1v) is 7.89. The Bertz CT molecular complexity index is 553. The highest BCUT2D eigenvalue weighted by atomic mass is 32.2. The zero-order valence-electron chi connectivity index (χ0n) is 11.7. The summed E-state index contributed by atoms with van der Waals surface area (Å²) in [7, 11) is -1.92. The lowest BCUT2D eigenvalue weighted by atomic mass is 10.1. The van der Waals surface area contributed by atoms with Gasteiger partial charge in [-0.1, -0.05) is 19.1 Å². The molecule has 1 unspecified atom stereocenters. The van der Waals surface area contributed by atoms with E-state index in [1.807, 2.05) is 0 Å². The summed E-state index contributed by atoms with van der Waals surface area (Å²) in [5, 5.41) is 8.89. The van der Waals surface area contributed by atoms with E-state index in [-0.39, 0.29) is 13.1 Å². The van der Waals surface area contributed by atoms with Crippen molar-refractivity contribution in [2.24, 2.45) is 5.92 Å². The van der Waals surface area contributed by atoms with Gasteiger partial charge >= 0.3 is 5.97 Å². The first-order valence-electron chi connectivity index (χ1n) is 6.05. The Kier molecular flexibility index (Phi) is 5.52. The highest BCUT2D eigenvalue weighted by Crippen LogP contribution is 2.15. The number of aliphatic carboxylic acids is 1. The van der Waals surface area contributed by atoms with Gasteiger partial charge in [-0.2, -0.15) is 4.31 Å². The molecule has 0 amide bonds. The van der Waals surface area contributed by atoms with Gasteiger partial charge in [0.1, 0.15) is 5.75 Å². The highest BCUT2D eigenvalue weighted by Gasteiger charge is 2.23. The summed E-state index contributed by atoms with van der Waals surface area (Å²) < 4.78 is 29.6. The minimum absolute atomic E-state index is 0.0554. The van der Waals surface area contributed by atoms with Crippen LogP contribution in [0, 0.1) is 5.92 Å². The van der Waals surface area contributed by atoms with E-state index >= 15 is 0 Å². The van der Waals surface area contributed by atoms with Crippen molar-refractivity contribution in [3.05, 3.63) is 29.8 Å². The summed E-state index contributed by atoms with van der Waals surface area (Å²) in [6, 6.07) is 6.97. The van der Waals surface area contributed by atoms with Gasteiger partial charge in [0.05, 0.1) is 19.3 Å². The molecule has 0 radical (unpaired) electrons. The first kappa shape index (κ1) is 16.5. The molecule has 0 bridgehead atoms. The number of carbonyl (C=O) groups is 1. The van der Waals surface area contributed by atoms with Gasteiger partial charge in [0.25, 0.3) is 0 Å². The maximum absolute atomic E-state index is 11.7. The zero-order valence-corrected chi connectivity index (χ0v) is 12.6. The second-order valence-corrected chi connectivity index (χ2v) is 6.63. The van der Waals surface area contributed by atoms with E-state index in [1.165, 1.54) is 6.92 Å². The topological polar surface area (TPSA) is 83.9 Å². The molecular formula is C13H19NO5S. The molecule has 0 aliphatic heterocycles. The summed E-state index contributed by atoms with van der Waals surface area (Å²) in [6.45, 7) is 1.56. The molecule has 20 heavy (non-hydrogen) atoms. The van der Waals surface area contributed by atoms with Gasteiger partial charge in [0.15, 0.2) is 0 Å². The average Bonchev–Trinajstić information content (AvgIpc) is 2.37. The Labute approximate surface area is 119 Å². The van der Waals surface area contributed by atoms with Gasteiger partial charge in [-0.15, -0.1) is 0 Å². The maximum Gasteiger partial charge on any atom is 0.307 e. The van der Waals surface area contributed by atoms with Gasteiger partial charge < -0.3 is 9.84 Å². The van der Waals surface area contributed by atoms with Crippen molar-refractivity contribution in [3.63, 3.8) is 0 Å². The summed E-state index contributed by atoms with van der Waals surface area (Å²) >= 11 is 0. The summed E-state index contributed by atoms with van der Waals surface area (Å²) in [5.74, 6) is -1.10. The van der Waals surface area contributed by atoms with Crippen molar-refractivity contribution < 1.29 is 23.1 Å². The van der Waals surface area contributed by atoms with Crippen LogP contribution < -0.4 is 4.74 Å². The van der Waals surface area contributed by atoms with Gasteiger partial charge in [0.2, 0.25) is 10.0 Å². The van der Waals surface area contributed by atoms with E-state index in [1.54, 1.807) is 31.4 Å². The molecule has 7 heteroatoms. The minimum Gasteiger partial charge on any atom is -0.497 e. The van der Waals surface area contributed by atoms with Crippen LogP contribution in [0.5, 0.6) is 5.75 Å². The van der Waals surface area contributed by atoms with Crippen LogP contribution in [0.25, 0.3) is 0 Å². The molecule has 6 nitrogen and oxygen atoms in total. The van der Waals surface area contributed by atoms with Crippen LogP contribution in [-0.2, 0) is 21.4 Å². The molecule has 0 spiro atoms. The van der Waals surface area contributed by atoms with Crippen molar-refractivity contribution in [1.29, 1.82) is 0 Å². The number of carboxylic acid groups (broad SMARTS) is 1. The fourth-order valence-electron chi connectivity index (χ4n) is 1.64. The van der Waals surface area contributed by atoms with Gasteiger partial charge in [-0.05, 0) is 17.7 Å². The lowest BCUT2D eigenvalue weighted by Crippen LogP contribution is -2.35. The fraction of sp³-hybridized carbons (Fsp3) is 0.462. The van der Waals surface area contributed by atoms with Crippen molar-refractivity contribution in [3.8, 4) is 5.75 Å².